The molecule has 0 saturated heterocycles. The summed E-state index contributed by atoms with van der Waals surface area (Å²) >= 11 is 0. The highest BCUT2D eigenvalue weighted by molar-refractivity contribution is 7.51. The minimum absolute atomic E-state index is 0.0320. The minimum Gasteiger partial charge on any atom is -0.325 e. The second kappa shape index (κ2) is 6.90. The van der Waals surface area contributed by atoms with Gasteiger partial charge in [0.2, 0.25) is 0 Å². The first kappa shape index (κ1) is 16.3. The van der Waals surface area contributed by atoms with E-state index in [1.165, 1.54) is 13.1 Å². The molecule has 1 atom stereocenters. The number of rotatable bonds is 2. The maximum atomic E-state index is 10.8. The van der Waals surface area contributed by atoms with E-state index in [1.807, 2.05) is 0 Å². The minimum atomic E-state index is -3.64. The number of hydrogen-bond donors (Lipinski definition) is 3. The molecule has 0 aromatic rings. The van der Waals surface area contributed by atoms with Crippen LogP contribution >= 0.6 is 15.2 Å². The lowest BCUT2D eigenvalue weighted by molar-refractivity contribution is 0.137. The van der Waals surface area contributed by atoms with Crippen LogP contribution in [0.2, 0.25) is 0 Å². The monoisotopic (exact) mass is 274 g/mol. The smallest absolute Gasteiger partial charge is 0.325 e. The topological polar surface area (TPSA) is 104 Å². The quantitative estimate of drug-likeness (QED) is 0.665. The molecule has 0 amide bonds. The first-order valence-electron chi connectivity index (χ1n) is 5.09. The fourth-order valence-corrected chi connectivity index (χ4v) is 2.21. The summed E-state index contributed by atoms with van der Waals surface area (Å²) in [5.74, 6) is 0. The van der Waals surface area contributed by atoms with Gasteiger partial charge in [-0.3, -0.25) is 9.13 Å². The zero-order valence-corrected chi connectivity index (χ0v) is 11.4. The van der Waals surface area contributed by atoms with E-state index in [0.717, 1.165) is 32.3 Å². The van der Waals surface area contributed by atoms with E-state index < -0.39 is 15.2 Å². The van der Waals surface area contributed by atoms with Gasteiger partial charge in [0.15, 0.2) is 0 Å². The van der Waals surface area contributed by atoms with Crippen molar-refractivity contribution < 1.29 is 28.3 Å². The Hall–Kier alpha value is 0.300. The van der Waals surface area contributed by atoms with Crippen molar-refractivity contribution >= 4 is 15.2 Å². The van der Waals surface area contributed by atoms with Crippen molar-refractivity contribution in [1.82, 2.24) is 0 Å². The molecule has 3 N–H and O–H groups in total. The number of hydrogen-bond acceptors (Lipinski definition) is 3. The van der Waals surface area contributed by atoms with Crippen molar-refractivity contribution in [3.63, 3.8) is 0 Å². The van der Waals surface area contributed by atoms with Crippen LogP contribution < -0.4 is 0 Å². The lowest BCUT2D eigenvalue weighted by Gasteiger charge is -2.22. The highest BCUT2D eigenvalue weighted by atomic mass is 31.2. The average molecular weight is 274 g/mol. The van der Waals surface area contributed by atoms with Gasteiger partial charge in [-0.15, -0.1) is 0 Å². The molecule has 0 aromatic heterocycles. The van der Waals surface area contributed by atoms with Crippen LogP contribution in [0.5, 0.6) is 0 Å². The Kier molecular flexibility index (Phi) is 7.03. The zero-order chi connectivity index (χ0) is 12.8. The highest BCUT2D eigenvalue weighted by Crippen LogP contribution is 2.41. The van der Waals surface area contributed by atoms with Crippen LogP contribution in [0.15, 0.2) is 0 Å². The molecule has 16 heavy (non-hydrogen) atoms. The molecule has 1 unspecified atom stereocenters. The van der Waals surface area contributed by atoms with Gasteiger partial charge < -0.3 is 19.2 Å². The molecule has 0 bridgehead atoms. The summed E-state index contributed by atoms with van der Waals surface area (Å²) in [4.78, 5) is 24.2. The predicted molar refractivity (Wildman–Crippen MR) is 61.7 cm³/mol. The summed E-state index contributed by atoms with van der Waals surface area (Å²) in [7, 11) is -6.87. The second-order valence-corrected chi connectivity index (χ2v) is 7.49. The van der Waals surface area contributed by atoms with Gasteiger partial charge in [0, 0.05) is 13.3 Å². The second-order valence-electron chi connectivity index (χ2n) is 4.00. The van der Waals surface area contributed by atoms with E-state index in [2.05, 4.69) is 0 Å². The van der Waals surface area contributed by atoms with Crippen molar-refractivity contribution in [2.24, 2.45) is 0 Å². The summed E-state index contributed by atoms with van der Waals surface area (Å²) in [6, 6.07) is 0. The molecule has 1 aliphatic rings. The molecule has 0 spiro atoms. The summed E-state index contributed by atoms with van der Waals surface area (Å²) in [5, 5.41) is 0. The molecule has 1 saturated carbocycles. The van der Waals surface area contributed by atoms with Crippen LogP contribution in [0.3, 0.4) is 0 Å². The first-order chi connectivity index (χ1) is 7.08. The van der Waals surface area contributed by atoms with Crippen LogP contribution in [0, 0.1) is 0 Å². The molecule has 6 nitrogen and oxygen atoms in total. The van der Waals surface area contributed by atoms with Crippen LogP contribution in [0.1, 0.15) is 32.1 Å². The van der Waals surface area contributed by atoms with Gasteiger partial charge in [-0.25, -0.2) is 0 Å². The molecule has 0 aromatic carbocycles. The third-order valence-electron chi connectivity index (χ3n) is 1.90. The molecule has 1 rings (SSSR count). The molecular formula is C8H20O6P2. The average Bonchev–Trinajstić information content (AvgIpc) is 1.99. The van der Waals surface area contributed by atoms with E-state index in [1.54, 1.807) is 0 Å². The fraction of sp³-hybridized carbons (Fsp3) is 1.00. The first-order valence-corrected chi connectivity index (χ1v) is 9.18. The van der Waals surface area contributed by atoms with Gasteiger partial charge >= 0.3 is 15.2 Å². The van der Waals surface area contributed by atoms with Crippen molar-refractivity contribution in [1.29, 1.82) is 0 Å². The normalized spacial score (nSPS) is 21.8. The van der Waals surface area contributed by atoms with Crippen LogP contribution in [-0.4, -0.2) is 34.1 Å². The molecule has 0 heterocycles. The van der Waals surface area contributed by atoms with E-state index >= 15 is 0 Å². The van der Waals surface area contributed by atoms with Gasteiger partial charge in [0.1, 0.15) is 0 Å². The molecule has 0 aliphatic heterocycles. The van der Waals surface area contributed by atoms with Crippen LogP contribution in [0.4, 0.5) is 0 Å². The Labute approximate surface area is 95.7 Å². The Bertz CT molecular complexity index is 266. The third kappa shape index (κ3) is 14.3. The van der Waals surface area contributed by atoms with Crippen molar-refractivity contribution in [3.8, 4) is 0 Å². The van der Waals surface area contributed by atoms with Crippen LogP contribution in [0.25, 0.3) is 0 Å². The van der Waals surface area contributed by atoms with E-state index in [9.17, 15) is 9.13 Å². The molecule has 98 valence electrons. The van der Waals surface area contributed by atoms with Crippen molar-refractivity contribution in [2.45, 2.75) is 38.2 Å². The lowest BCUT2D eigenvalue weighted by Crippen LogP contribution is -2.14. The molecular weight excluding hydrogens is 254 g/mol. The van der Waals surface area contributed by atoms with Crippen molar-refractivity contribution in [3.05, 3.63) is 0 Å². The maximum absolute atomic E-state index is 10.8. The fourth-order valence-electron chi connectivity index (χ4n) is 1.45. The lowest BCUT2D eigenvalue weighted by atomic mass is 9.98. The summed E-state index contributed by atoms with van der Waals surface area (Å²) in [5.41, 5.74) is 0. The molecule has 1 fully saturated rings. The summed E-state index contributed by atoms with van der Waals surface area (Å²) in [6.07, 6.45) is 5.41. The molecule has 1 aliphatic carbocycles. The Morgan fingerprint density at radius 1 is 1.00 bits per heavy atom. The van der Waals surface area contributed by atoms with E-state index in [4.69, 9.17) is 19.2 Å². The van der Waals surface area contributed by atoms with E-state index in [-0.39, 0.29) is 6.10 Å². The van der Waals surface area contributed by atoms with Gasteiger partial charge in [0.25, 0.3) is 0 Å². The SMILES string of the molecule is CP(=O)(O)O.CP(=O)(O)OC1CCCCC1. The maximum Gasteiger partial charge on any atom is 0.325 e. The molecule has 0 radical (unpaired) electrons. The third-order valence-corrected chi connectivity index (χ3v) is 2.59. The summed E-state index contributed by atoms with van der Waals surface area (Å²) in [6.45, 7) is 2.11. The van der Waals surface area contributed by atoms with E-state index in [0.29, 0.717) is 0 Å². The van der Waals surface area contributed by atoms with Crippen molar-refractivity contribution in [2.75, 3.05) is 13.3 Å². The summed E-state index contributed by atoms with van der Waals surface area (Å²) < 4.78 is 25.1. The highest BCUT2D eigenvalue weighted by Gasteiger charge is 2.20. The van der Waals surface area contributed by atoms with Gasteiger partial charge in [-0.2, -0.15) is 0 Å². The largest absolute Gasteiger partial charge is 0.325 e. The Morgan fingerprint density at radius 2 is 1.38 bits per heavy atom. The van der Waals surface area contributed by atoms with Crippen LogP contribution in [-0.2, 0) is 13.7 Å². The molecule has 8 heteroatoms. The zero-order valence-electron chi connectivity index (χ0n) is 9.57. The van der Waals surface area contributed by atoms with Gasteiger partial charge in [-0.1, -0.05) is 19.3 Å². The Morgan fingerprint density at radius 3 is 1.69 bits per heavy atom. The van der Waals surface area contributed by atoms with Gasteiger partial charge in [0.05, 0.1) is 6.10 Å². The van der Waals surface area contributed by atoms with Gasteiger partial charge in [-0.05, 0) is 12.8 Å². The Balaban J connectivity index is 0.000000385. The predicted octanol–water partition coefficient (Wildman–Crippen LogP) is 1.94. The standard InChI is InChI=1S/C7H15O3P.CH5O3P/c1-11(8,9)10-7-5-3-2-4-6-7;1-5(2,3)4/h7H,2-6H2,1H3,(H,8,9);1H3,(H2,2,3,4).